The molecule has 1 heterocycles. The highest BCUT2D eigenvalue weighted by molar-refractivity contribution is 9.10. The van der Waals surface area contributed by atoms with Gasteiger partial charge in [0.25, 0.3) is 0 Å². The maximum Gasteiger partial charge on any atom is 0.195 e. The quantitative estimate of drug-likeness (QED) is 0.690. The Morgan fingerprint density at radius 3 is 2.73 bits per heavy atom. The zero-order chi connectivity index (χ0) is 11.0. The van der Waals surface area contributed by atoms with Crippen molar-refractivity contribution in [2.24, 2.45) is 0 Å². The normalized spacial score (nSPS) is 20.8. The molecule has 3 nitrogen and oxygen atoms in total. The van der Waals surface area contributed by atoms with Crippen molar-refractivity contribution < 1.29 is 14.6 Å². The summed E-state index contributed by atoms with van der Waals surface area (Å²) in [7, 11) is 0. The molecule has 15 heavy (non-hydrogen) atoms. The lowest BCUT2D eigenvalue weighted by molar-refractivity contribution is 0.370. The van der Waals surface area contributed by atoms with E-state index in [4.69, 9.17) is 0 Å². The summed E-state index contributed by atoms with van der Waals surface area (Å²) in [4.78, 5) is 0. The maximum absolute atomic E-state index is 13.2. The van der Waals surface area contributed by atoms with Gasteiger partial charge in [-0.25, -0.2) is 4.39 Å². The first kappa shape index (κ1) is 10.7. The van der Waals surface area contributed by atoms with Crippen molar-refractivity contribution >= 4 is 15.9 Å². The number of aromatic hydroxyl groups is 2. The Bertz CT molecular complexity index is 391. The van der Waals surface area contributed by atoms with Crippen LogP contribution in [0.1, 0.15) is 24.4 Å². The van der Waals surface area contributed by atoms with E-state index in [1.807, 2.05) is 0 Å². The summed E-state index contributed by atoms with van der Waals surface area (Å²) >= 11 is 3.00. The lowest BCUT2D eigenvalue weighted by Gasteiger charge is -2.14. The highest BCUT2D eigenvalue weighted by atomic mass is 79.9. The first-order valence-electron chi connectivity index (χ1n) is 4.74. The maximum atomic E-state index is 13.2. The van der Waals surface area contributed by atoms with Crippen LogP contribution in [0.25, 0.3) is 0 Å². The third-order valence-corrected chi connectivity index (χ3v) is 3.21. The number of phenolic OH excluding ortho intramolecular Hbond substituents is 2. The van der Waals surface area contributed by atoms with Gasteiger partial charge in [-0.15, -0.1) is 0 Å². The van der Waals surface area contributed by atoms with E-state index in [1.165, 1.54) is 6.07 Å². The highest BCUT2D eigenvalue weighted by Gasteiger charge is 2.24. The van der Waals surface area contributed by atoms with E-state index in [0.717, 1.165) is 19.4 Å². The summed E-state index contributed by atoms with van der Waals surface area (Å²) in [6.07, 6.45) is 1.89. The number of rotatable bonds is 1. The second-order valence-corrected chi connectivity index (χ2v) is 4.46. The number of phenols is 2. The van der Waals surface area contributed by atoms with E-state index >= 15 is 0 Å². The molecule has 1 aromatic carbocycles. The van der Waals surface area contributed by atoms with Crippen molar-refractivity contribution in [2.75, 3.05) is 6.54 Å². The first-order chi connectivity index (χ1) is 7.11. The van der Waals surface area contributed by atoms with Crippen LogP contribution in [0.3, 0.4) is 0 Å². The molecule has 3 N–H and O–H groups in total. The van der Waals surface area contributed by atoms with Gasteiger partial charge in [0, 0.05) is 11.6 Å². The van der Waals surface area contributed by atoms with Gasteiger partial charge in [-0.3, -0.25) is 0 Å². The molecular weight excluding hydrogens is 265 g/mol. The first-order valence-corrected chi connectivity index (χ1v) is 5.53. The molecule has 1 saturated heterocycles. The Labute approximate surface area is 95.1 Å². The summed E-state index contributed by atoms with van der Waals surface area (Å²) in [6, 6.07) is 1.50. The second-order valence-electron chi connectivity index (χ2n) is 3.61. The molecule has 0 spiro atoms. The fourth-order valence-corrected chi connectivity index (χ4v) is 2.27. The molecule has 0 aliphatic carbocycles. The van der Waals surface area contributed by atoms with E-state index in [2.05, 4.69) is 21.2 Å². The molecule has 1 unspecified atom stereocenters. The molecule has 0 aromatic heterocycles. The van der Waals surface area contributed by atoms with E-state index in [1.54, 1.807) is 0 Å². The van der Waals surface area contributed by atoms with Crippen molar-refractivity contribution in [2.45, 2.75) is 18.9 Å². The number of hydrogen-bond acceptors (Lipinski definition) is 3. The predicted octanol–water partition coefficient (Wildman–Crippen LogP) is 2.42. The van der Waals surface area contributed by atoms with Crippen molar-refractivity contribution in [1.82, 2.24) is 5.32 Å². The lowest BCUT2D eigenvalue weighted by atomic mass is 10.0. The van der Waals surface area contributed by atoms with Crippen LogP contribution >= 0.6 is 15.9 Å². The SMILES string of the molecule is Oc1c(C2CCCN2)cc(Br)c(F)c1O. The van der Waals surface area contributed by atoms with Gasteiger partial charge in [0.05, 0.1) is 4.47 Å². The Morgan fingerprint density at radius 2 is 2.13 bits per heavy atom. The average molecular weight is 276 g/mol. The largest absolute Gasteiger partial charge is 0.504 e. The van der Waals surface area contributed by atoms with Crippen LogP contribution < -0.4 is 5.32 Å². The van der Waals surface area contributed by atoms with Crippen LogP contribution in [0.2, 0.25) is 0 Å². The molecule has 1 aromatic rings. The Kier molecular flexibility index (Phi) is 2.84. The van der Waals surface area contributed by atoms with E-state index in [9.17, 15) is 14.6 Å². The molecule has 1 atom stereocenters. The fourth-order valence-electron chi connectivity index (χ4n) is 1.84. The molecule has 5 heteroatoms. The minimum Gasteiger partial charge on any atom is -0.504 e. The summed E-state index contributed by atoms with van der Waals surface area (Å²) in [5.41, 5.74) is 0.540. The molecule has 0 amide bonds. The van der Waals surface area contributed by atoms with Crippen LogP contribution in [0, 0.1) is 5.82 Å². The van der Waals surface area contributed by atoms with Gasteiger partial charge in [-0.2, -0.15) is 0 Å². The van der Waals surface area contributed by atoms with E-state index in [-0.39, 0.29) is 16.3 Å². The van der Waals surface area contributed by atoms with Gasteiger partial charge in [0.1, 0.15) is 0 Å². The van der Waals surface area contributed by atoms with Crippen LogP contribution in [0.5, 0.6) is 11.5 Å². The number of nitrogens with one attached hydrogen (secondary N) is 1. The number of benzene rings is 1. The number of halogens is 2. The molecule has 1 aliphatic rings. The average Bonchev–Trinajstić information content (AvgIpc) is 2.73. The van der Waals surface area contributed by atoms with Crippen molar-refractivity contribution in [3.05, 3.63) is 21.9 Å². The smallest absolute Gasteiger partial charge is 0.195 e. The molecule has 0 saturated carbocycles. The van der Waals surface area contributed by atoms with Crippen molar-refractivity contribution in [1.29, 1.82) is 0 Å². The molecule has 1 aliphatic heterocycles. The Hall–Kier alpha value is -0.810. The van der Waals surface area contributed by atoms with Gasteiger partial charge < -0.3 is 15.5 Å². The molecule has 1 fully saturated rings. The van der Waals surface area contributed by atoms with Gasteiger partial charge >= 0.3 is 0 Å². The summed E-state index contributed by atoms with van der Waals surface area (Å²) in [6.45, 7) is 0.875. The number of hydrogen-bond donors (Lipinski definition) is 3. The molecule has 0 radical (unpaired) electrons. The van der Waals surface area contributed by atoms with Crippen LogP contribution in [-0.2, 0) is 0 Å². The summed E-state index contributed by atoms with van der Waals surface area (Å²) in [5, 5.41) is 22.1. The van der Waals surface area contributed by atoms with Crippen LogP contribution in [-0.4, -0.2) is 16.8 Å². The highest BCUT2D eigenvalue weighted by Crippen LogP contribution is 2.41. The van der Waals surface area contributed by atoms with Gasteiger partial charge in [0.15, 0.2) is 17.3 Å². The predicted molar refractivity (Wildman–Crippen MR) is 57.4 cm³/mol. The van der Waals surface area contributed by atoms with Crippen LogP contribution in [0.15, 0.2) is 10.5 Å². The lowest BCUT2D eigenvalue weighted by Crippen LogP contribution is -2.13. The van der Waals surface area contributed by atoms with Gasteiger partial charge in [0.2, 0.25) is 0 Å². The summed E-state index contributed by atoms with van der Waals surface area (Å²) in [5.74, 6) is -1.88. The van der Waals surface area contributed by atoms with Crippen LogP contribution in [0.4, 0.5) is 4.39 Å². The third-order valence-electron chi connectivity index (χ3n) is 2.63. The fraction of sp³-hybridized carbons (Fsp3) is 0.400. The zero-order valence-corrected chi connectivity index (χ0v) is 9.51. The summed E-state index contributed by atoms with van der Waals surface area (Å²) < 4.78 is 13.3. The van der Waals surface area contributed by atoms with E-state index in [0.29, 0.717) is 5.56 Å². The third kappa shape index (κ3) is 1.81. The minimum atomic E-state index is -0.825. The monoisotopic (exact) mass is 275 g/mol. The second kappa shape index (κ2) is 3.98. The molecular formula is C10H11BrFNO2. The van der Waals surface area contributed by atoms with Gasteiger partial charge in [-0.05, 0) is 41.4 Å². The van der Waals surface area contributed by atoms with Gasteiger partial charge in [-0.1, -0.05) is 0 Å². The molecule has 0 bridgehead atoms. The van der Waals surface area contributed by atoms with Crippen molar-refractivity contribution in [3.63, 3.8) is 0 Å². The Morgan fingerprint density at radius 1 is 1.40 bits per heavy atom. The topological polar surface area (TPSA) is 52.5 Å². The zero-order valence-electron chi connectivity index (χ0n) is 7.93. The molecule has 82 valence electrons. The Balaban J connectivity index is 2.47. The minimum absolute atomic E-state index is 0.00667. The van der Waals surface area contributed by atoms with Crippen molar-refractivity contribution in [3.8, 4) is 11.5 Å². The standard InChI is InChI=1S/C10H11BrFNO2/c11-6-4-5(7-2-1-3-13-7)9(14)10(15)8(6)12/h4,7,13-15H,1-3H2. The molecule has 2 rings (SSSR count). The van der Waals surface area contributed by atoms with E-state index < -0.39 is 11.6 Å².